The predicted molar refractivity (Wildman–Crippen MR) is 131 cm³/mol. The van der Waals surface area contributed by atoms with Crippen LogP contribution in [0.25, 0.3) is 0 Å². The third kappa shape index (κ3) is 3.77. The third-order valence-electron chi connectivity index (χ3n) is 10.5. The number of carboxylic acids is 1. The maximum absolute atomic E-state index is 12.5. The van der Waals surface area contributed by atoms with Crippen LogP contribution in [-0.4, -0.2) is 28.1 Å². The summed E-state index contributed by atoms with van der Waals surface area (Å²) in [6.45, 7) is 13.0. The molecule has 0 aromatic heterocycles. The lowest BCUT2D eigenvalue weighted by molar-refractivity contribution is -0.133. The largest absolute Gasteiger partial charge is 0.478 e. The fourth-order valence-electron chi connectivity index (χ4n) is 8.42. The van der Waals surface area contributed by atoms with Gasteiger partial charge in [0.15, 0.2) is 5.78 Å². The zero-order chi connectivity index (χ0) is 24.3. The minimum Gasteiger partial charge on any atom is -0.478 e. The number of aliphatic hydroxyl groups excluding tert-OH is 1. The molecule has 0 spiro atoms. The van der Waals surface area contributed by atoms with Crippen molar-refractivity contribution in [1.29, 1.82) is 0 Å². The van der Waals surface area contributed by atoms with Gasteiger partial charge in [0, 0.05) is 12.0 Å². The zero-order valence-electron chi connectivity index (χ0n) is 21.3. The molecule has 2 saturated carbocycles. The van der Waals surface area contributed by atoms with Gasteiger partial charge in [-0.15, -0.1) is 0 Å². The Morgan fingerprint density at radius 1 is 1.12 bits per heavy atom. The molecule has 0 heterocycles. The van der Waals surface area contributed by atoms with Gasteiger partial charge in [-0.05, 0) is 103 Å². The van der Waals surface area contributed by atoms with Crippen molar-refractivity contribution >= 4 is 11.8 Å². The number of aliphatic hydroxyl groups is 1. The average Bonchev–Trinajstić information content (AvgIpc) is 3.08. The van der Waals surface area contributed by atoms with E-state index in [0.717, 1.165) is 32.1 Å². The van der Waals surface area contributed by atoms with E-state index < -0.39 is 5.97 Å². The van der Waals surface area contributed by atoms with E-state index in [4.69, 9.17) is 5.11 Å². The molecule has 7 atom stereocenters. The molecule has 182 valence electrons. The zero-order valence-corrected chi connectivity index (χ0v) is 21.3. The molecule has 0 aliphatic heterocycles. The predicted octanol–water partition coefficient (Wildman–Crippen LogP) is 6.11. The molecule has 33 heavy (non-hydrogen) atoms. The van der Waals surface area contributed by atoms with Gasteiger partial charge in [0.05, 0.1) is 6.10 Å². The van der Waals surface area contributed by atoms with Crippen LogP contribution in [0.5, 0.6) is 0 Å². The number of carbonyl (C=O) groups excluding carboxylic acids is 1. The molecule has 0 aromatic carbocycles. The van der Waals surface area contributed by atoms with Gasteiger partial charge < -0.3 is 10.2 Å². The summed E-state index contributed by atoms with van der Waals surface area (Å²) in [6, 6.07) is 0. The van der Waals surface area contributed by atoms with Crippen LogP contribution >= 0.6 is 0 Å². The molecule has 0 unspecified atom stereocenters. The van der Waals surface area contributed by atoms with Gasteiger partial charge in [0.25, 0.3) is 0 Å². The van der Waals surface area contributed by atoms with Crippen molar-refractivity contribution in [2.24, 2.45) is 39.9 Å². The second kappa shape index (κ2) is 8.22. The van der Waals surface area contributed by atoms with Crippen LogP contribution in [0.15, 0.2) is 34.9 Å². The number of hydrogen-bond donors (Lipinski definition) is 2. The highest BCUT2D eigenvalue weighted by Crippen LogP contribution is 2.67. The molecule has 4 nitrogen and oxygen atoms in total. The average molecular weight is 455 g/mol. The Balaban J connectivity index is 1.56. The Morgan fingerprint density at radius 2 is 1.82 bits per heavy atom. The van der Waals surface area contributed by atoms with Crippen LogP contribution in [0.4, 0.5) is 0 Å². The summed E-state index contributed by atoms with van der Waals surface area (Å²) in [5.74, 6) is 0.572. The number of carboxylic acid groups (broad SMARTS) is 1. The molecule has 4 aliphatic rings. The first-order chi connectivity index (χ1) is 15.3. The Bertz CT molecular complexity index is 937. The first kappa shape index (κ1) is 24.4. The van der Waals surface area contributed by atoms with E-state index in [0.29, 0.717) is 24.2 Å². The van der Waals surface area contributed by atoms with Gasteiger partial charge in [-0.25, -0.2) is 4.79 Å². The summed E-state index contributed by atoms with van der Waals surface area (Å²) in [4.78, 5) is 23.6. The Kier molecular flexibility index (Phi) is 6.09. The molecule has 0 radical (unpaired) electrons. The summed E-state index contributed by atoms with van der Waals surface area (Å²) < 4.78 is 0. The summed E-state index contributed by atoms with van der Waals surface area (Å²) in [5, 5.41) is 19.8. The number of allylic oxidation sites excluding steroid dienone is 5. The van der Waals surface area contributed by atoms with Gasteiger partial charge >= 0.3 is 5.97 Å². The fraction of sp³-hybridized carbons (Fsp3) is 0.724. The van der Waals surface area contributed by atoms with Gasteiger partial charge in [0.1, 0.15) is 0 Å². The number of aliphatic carboxylic acids is 1. The van der Waals surface area contributed by atoms with Crippen molar-refractivity contribution in [2.45, 2.75) is 92.6 Å². The van der Waals surface area contributed by atoms with Crippen LogP contribution in [-0.2, 0) is 9.59 Å². The first-order valence-electron chi connectivity index (χ1n) is 12.9. The summed E-state index contributed by atoms with van der Waals surface area (Å²) in [5.41, 5.74) is 3.44. The minimum atomic E-state index is -1.03. The normalized spacial score (nSPS) is 40.6. The summed E-state index contributed by atoms with van der Waals surface area (Å²) >= 11 is 0. The smallest absolute Gasteiger partial charge is 0.331 e. The number of carbonyl (C=O) groups is 2. The SMILES string of the molecule is C/C(=C\C(=O)C[C@@H](C)[C@@H]1CC=C2C3=CC[C@H]4C(C)(C)[C@H](O)CC[C@]4(C)[C@@H]3CC[C@]21C)C(=O)O. The molecule has 4 heteroatoms. The molecule has 2 fully saturated rings. The number of rotatable bonds is 5. The number of ketones is 1. The molecule has 0 bridgehead atoms. The fourth-order valence-corrected chi connectivity index (χ4v) is 8.42. The van der Waals surface area contributed by atoms with Crippen LogP contribution in [0.3, 0.4) is 0 Å². The van der Waals surface area contributed by atoms with Gasteiger partial charge in [-0.1, -0.05) is 46.8 Å². The van der Waals surface area contributed by atoms with Gasteiger partial charge in [-0.2, -0.15) is 0 Å². The van der Waals surface area contributed by atoms with Crippen molar-refractivity contribution in [3.63, 3.8) is 0 Å². The van der Waals surface area contributed by atoms with Crippen LogP contribution < -0.4 is 0 Å². The van der Waals surface area contributed by atoms with Gasteiger partial charge in [-0.3, -0.25) is 4.79 Å². The van der Waals surface area contributed by atoms with Crippen molar-refractivity contribution < 1.29 is 19.8 Å². The highest BCUT2D eigenvalue weighted by atomic mass is 16.4. The Labute approximate surface area is 199 Å². The molecule has 4 rings (SSSR count). The third-order valence-corrected chi connectivity index (χ3v) is 10.5. The molecule has 0 aromatic rings. The molecule has 0 amide bonds. The first-order valence-corrected chi connectivity index (χ1v) is 12.9. The second-order valence-electron chi connectivity index (χ2n) is 12.6. The molecule has 0 saturated heterocycles. The van der Waals surface area contributed by atoms with Crippen molar-refractivity contribution in [1.82, 2.24) is 0 Å². The van der Waals surface area contributed by atoms with E-state index in [9.17, 15) is 14.7 Å². The monoisotopic (exact) mass is 454 g/mol. The van der Waals surface area contributed by atoms with Crippen LogP contribution in [0, 0.1) is 39.9 Å². The Hall–Kier alpha value is -1.68. The maximum atomic E-state index is 12.5. The Morgan fingerprint density at radius 3 is 2.48 bits per heavy atom. The van der Waals surface area contributed by atoms with E-state index >= 15 is 0 Å². The van der Waals surface area contributed by atoms with E-state index in [1.807, 2.05) is 0 Å². The lowest BCUT2D eigenvalue weighted by atomic mass is 9.44. The summed E-state index contributed by atoms with van der Waals surface area (Å²) in [7, 11) is 0. The lowest BCUT2D eigenvalue weighted by Gasteiger charge is -2.61. The lowest BCUT2D eigenvalue weighted by Crippen LogP contribution is -2.55. The molecule has 4 aliphatic carbocycles. The van der Waals surface area contributed by atoms with E-state index in [1.54, 1.807) is 5.57 Å². The minimum absolute atomic E-state index is 0.0567. The highest BCUT2D eigenvalue weighted by Gasteiger charge is 2.59. The van der Waals surface area contributed by atoms with E-state index in [-0.39, 0.29) is 39.6 Å². The van der Waals surface area contributed by atoms with Crippen LogP contribution in [0.2, 0.25) is 0 Å². The molecule has 2 N–H and O–H groups in total. The van der Waals surface area contributed by atoms with Crippen molar-refractivity contribution in [3.8, 4) is 0 Å². The second-order valence-corrected chi connectivity index (χ2v) is 12.6. The topological polar surface area (TPSA) is 74.6 Å². The van der Waals surface area contributed by atoms with Crippen molar-refractivity contribution in [3.05, 3.63) is 34.9 Å². The molecular weight excluding hydrogens is 412 g/mol. The van der Waals surface area contributed by atoms with Gasteiger partial charge in [0.2, 0.25) is 0 Å². The number of hydrogen-bond acceptors (Lipinski definition) is 3. The quantitative estimate of drug-likeness (QED) is 0.492. The van der Waals surface area contributed by atoms with Crippen molar-refractivity contribution in [2.75, 3.05) is 0 Å². The number of fused-ring (bicyclic) bond motifs is 5. The standard InChI is InChI=1S/C29H42O4/c1-17(15-19(30)16-18(2)26(32)33)21-8-9-22-20-7-10-24-27(3,4)25(31)12-14-29(24,6)23(20)11-13-28(21,22)5/h7,9,16-17,21,23-25,31H,8,10-15H2,1-6H3,(H,32,33)/b18-16+/t17-,21+,23-,24+,25-,28+,29-/m1/s1. The highest BCUT2D eigenvalue weighted by molar-refractivity contribution is 5.98. The van der Waals surface area contributed by atoms with Crippen LogP contribution in [0.1, 0.15) is 86.5 Å². The maximum Gasteiger partial charge on any atom is 0.331 e. The van der Waals surface area contributed by atoms with E-state index in [2.05, 4.69) is 46.8 Å². The summed E-state index contributed by atoms with van der Waals surface area (Å²) in [6.07, 6.45) is 12.8. The molecular formula is C29H42O4. The van der Waals surface area contributed by atoms with E-state index in [1.165, 1.54) is 25.0 Å².